The molecule has 0 unspecified atom stereocenters. The molecular weight excluding hydrogens is 351 g/mol. The maximum absolute atomic E-state index is 13.8. The van der Waals surface area contributed by atoms with Crippen LogP contribution in [-0.4, -0.2) is 10.8 Å². The Bertz CT molecular complexity index is 1020. The molecule has 0 fully saturated rings. The van der Waals surface area contributed by atoms with E-state index in [-0.39, 0.29) is 22.7 Å². The van der Waals surface area contributed by atoms with Gasteiger partial charge in [-0.15, -0.1) is 0 Å². The summed E-state index contributed by atoms with van der Waals surface area (Å²) in [6.45, 7) is 1.89. The molecular formula is C20H15FN2O4. The van der Waals surface area contributed by atoms with Gasteiger partial charge in [-0.05, 0) is 36.8 Å². The lowest BCUT2D eigenvalue weighted by molar-refractivity contribution is -0.384. The molecule has 1 amide bonds. The minimum Gasteiger partial charge on any atom is -0.457 e. The summed E-state index contributed by atoms with van der Waals surface area (Å²) >= 11 is 0. The van der Waals surface area contributed by atoms with Crippen molar-refractivity contribution in [3.63, 3.8) is 0 Å². The first kappa shape index (κ1) is 18.1. The molecule has 6 nitrogen and oxygen atoms in total. The number of hydrogen-bond acceptors (Lipinski definition) is 4. The zero-order valence-corrected chi connectivity index (χ0v) is 14.3. The maximum atomic E-state index is 13.8. The number of hydrogen-bond donors (Lipinski definition) is 1. The van der Waals surface area contributed by atoms with Gasteiger partial charge in [-0.2, -0.15) is 0 Å². The standard InChI is InChI=1S/C20H15FN2O4/c1-13-5-4-6-16(9-13)27-17-11-14(10-15(12-17)23(25)26)22-20(24)18-7-2-3-8-19(18)21/h2-12H,1H3,(H,22,24). The summed E-state index contributed by atoms with van der Waals surface area (Å²) in [7, 11) is 0. The van der Waals surface area contributed by atoms with Crippen molar-refractivity contribution in [1.82, 2.24) is 0 Å². The largest absolute Gasteiger partial charge is 0.457 e. The first-order valence-electron chi connectivity index (χ1n) is 8.02. The molecule has 1 N–H and O–H groups in total. The first-order valence-corrected chi connectivity index (χ1v) is 8.02. The van der Waals surface area contributed by atoms with Crippen molar-refractivity contribution in [3.8, 4) is 11.5 Å². The quantitative estimate of drug-likeness (QED) is 0.504. The second-order valence-corrected chi connectivity index (χ2v) is 5.83. The lowest BCUT2D eigenvalue weighted by Crippen LogP contribution is -2.13. The average molecular weight is 366 g/mol. The van der Waals surface area contributed by atoms with Crippen LogP contribution in [0, 0.1) is 22.9 Å². The van der Waals surface area contributed by atoms with Gasteiger partial charge in [-0.1, -0.05) is 24.3 Å². The van der Waals surface area contributed by atoms with Gasteiger partial charge in [0.05, 0.1) is 22.2 Å². The van der Waals surface area contributed by atoms with E-state index in [9.17, 15) is 19.3 Å². The number of rotatable bonds is 5. The maximum Gasteiger partial charge on any atom is 0.275 e. The van der Waals surface area contributed by atoms with Gasteiger partial charge in [0.25, 0.3) is 11.6 Å². The highest BCUT2D eigenvalue weighted by Crippen LogP contribution is 2.30. The number of aryl methyl sites for hydroxylation is 1. The van der Waals surface area contributed by atoms with E-state index in [2.05, 4.69) is 5.32 Å². The highest BCUT2D eigenvalue weighted by Gasteiger charge is 2.15. The number of nitro benzene ring substituents is 1. The summed E-state index contributed by atoms with van der Waals surface area (Å²) in [4.78, 5) is 22.9. The van der Waals surface area contributed by atoms with Crippen LogP contribution < -0.4 is 10.1 Å². The topological polar surface area (TPSA) is 81.5 Å². The van der Waals surface area contributed by atoms with Crippen molar-refractivity contribution < 1.29 is 18.8 Å². The van der Waals surface area contributed by atoms with Crippen molar-refractivity contribution in [1.29, 1.82) is 0 Å². The zero-order chi connectivity index (χ0) is 19.4. The van der Waals surface area contributed by atoms with E-state index < -0.39 is 16.6 Å². The second kappa shape index (κ2) is 7.65. The minimum absolute atomic E-state index is 0.125. The summed E-state index contributed by atoms with van der Waals surface area (Å²) in [5.41, 5.74) is 0.667. The third-order valence-corrected chi connectivity index (χ3v) is 3.70. The molecule has 136 valence electrons. The van der Waals surface area contributed by atoms with E-state index in [0.717, 1.165) is 11.6 Å². The smallest absolute Gasteiger partial charge is 0.275 e. The number of nitrogens with one attached hydrogen (secondary N) is 1. The Labute approximate surface area is 154 Å². The van der Waals surface area contributed by atoms with Gasteiger partial charge in [-0.25, -0.2) is 4.39 Å². The first-order chi connectivity index (χ1) is 12.9. The van der Waals surface area contributed by atoms with Crippen LogP contribution in [0.2, 0.25) is 0 Å². The summed E-state index contributed by atoms with van der Waals surface area (Å²) in [6, 6.07) is 16.5. The Kier molecular flexibility index (Phi) is 5.12. The molecule has 0 aliphatic carbocycles. The molecule has 7 heteroatoms. The van der Waals surface area contributed by atoms with Crippen molar-refractivity contribution in [2.45, 2.75) is 6.92 Å². The molecule has 3 aromatic rings. The fourth-order valence-electron chi connectivity index (χ4n) is 2.48. The average Bonchev–Trinajstić information content (AvgIpc) is 2.61. The van der Waals surface area contributed by atoms with Crippen LogP contribution in [0.1, 0.15) is 15.9 Å². The van der Waals surface area contributed by atoms with Gasteiger partial charge in [0.1, 0.15) is 17.3 Å². The van der Waals surface area contributed by atoms with Crippen molar-refractivity contribution in [2.75, 3.05) is 5.32 Å². The fraction of sp³-hybridized carbons (Fsp3) is 0.0500. The Morgan fingerprint density at radius 3 is 2.52 bits per heavy atom. The summed E-state index contributed by atoms with van der Waals surface area (Å²) in [5.74, 6) is -0.715. The van der Waals surface area contributed by atoms with Crippen molar-refractivity contribution in [3.05, 3.63) is 93.8 Å². The molecule has 0 saturated heterocycles. The highest BCUT2D eigenvalue weighted by molar-refractivity contribution is 6.04. The molecule has 0 atom stereocenters. The summed E-state index contributed by atoms with van der Waals surface area (Å²) in [5, 5.41) is 13.7. The molecule has 0 aliphatic heterocycles. The number of carbonyl (C=O) groups excluding carboxylic acids is 1. The molecule has 0 aliphatic rings. The number of amides is 1. The van der Waals surface area contributed by atoms with Gasteiger partial charge in [0.2, 0.25) is 0 Å². The lowest BCUT2D eigenvalue weighted by atomic mass is 10.2. The van der Waals surface area contributed by atoms with Crippen LogP contribution in [0.5, 0.6) is 11.5 Å². The van der Waals surface area contributed by atoms with E-state index in [1.165, 1.54) is 36.4 Å². The normalized spacial score (nSPS) is 10.3. The lowest BCUT2D eigenvalue weighted by Gasteiger charge is -2.10. The zero-order valence-electron chi connectivity index (χ0n) is 14.3. The van der Waals surface area contributed by atoms with Crippen molar-refractivity contribution in [2.24, 2.45) is 0 Å². The fourth-order valence-corrected chi connectivity index (χ4v) is 2.48. The van der Waals surface area contributed by atoms with Crippen LogP contribution in [0.25, 0.3) is 0 Å². The molecule has 3 rings (SSSR count). The molecule has 0 saturated carbocycles. The SMILES string of the molecule is Cc1cccc(Oc2cc(NC(=O)c3ccccc3F)cc([N+](=O)[O-])c2)c1. The molecule has 3 aromatic carbocycles. The number of benzene rings is 3. The van der Waals surface area contributed by atoms with Gasteiger partial charge in [0, 0.05) is 12.1 Å². The number of halogens is 1. The molecule has 27 heavy (non-hydrogen) atoms. The predicted octanol–water partition coefficient (Wildman–Crippen LogP) is 5.09. The number of nitro groups is 1. The molecule has 0 heterocycles. The Hall–Kier alpha value is -3.74. The second-order valence-electron chi connectivity index (χ2n) is 5.83. The summed E-state index contributed by atoms with van der Waals surface area (Å²) in [6.07, 6.45) is 0. The molecule has 0 radical (unpaired) electrons. The number of carbonyl (C=O) groups is 1. The van der Waals surface area contributed by atoms with Crippen LogP contribution >= 0.6 is 0 Å². The van der Waals surface area contributed by atoms with Gasteiger partial charge in [0.15, 0.2) is 0 Å². The number of non-ortho nitro benzene ring substituents is 1. The van der Waals surface area contributed by atoms with E-state index in [1.807, 2.05) is 13.0 Å². The van der Waals surface area contributed by atoms with Crippen LogP contribution in [0.3, 0.4) is 0 Å². The van der Waals surface area contributed by atoms with Crippen molar-refractivity contribution >= 4 is 17.3 Å². The molecule has 0 bridgehead atoms. The summed E-state index contributed by atoms with van der Waals surface area (Å²) < 4.78 is 19.4. The third kappa shape index (κ3) is 4.46. The van der Waals surface area contributed by atoms with Gasteiger partial charge >= 0.3 is 0 Å². The number of ether oxygens (including phenoxy) is 1. The van der Waals surface area contributed by atoms with Crippen LogP contribution in [0.15, 0.2) is 66.7 Å². The Balaban J connectivity index is 1.91. The van der Waals surface area contributed by atoms with Gasteiger partial charge in [-0.3, -0.25) is 14.9 Å². The van der Waals surface area contributed by atoms with E-state index in [4.69, 9.17) is 4.74 Å². The van der Waals surface area contributed by atoms with E-state index in [1.54, 1.807) is 18.2 Å². The Morgan fingerprint density at radius 1 is 1.04 bits per heavy atom. The predicted molar refractivity (Wildman–Crippen MR) is 98.7 cm³/mol. The van der Waals surface area contributed by atoms with Gasteiger partial charge < -0.3 is 10.1 Å². The monoisotopic (exact) mass is 366 g/mol. The van der Waals surface area contributed by atoms with Crippen LogP contribution in [0.4, 0.5) is 15.8 Å². The minimum atomic E-state index is -0.713. The third-order valence-electron chi connectivity index (χ3n) is 3.70. The Morgan fingerprint density at radius 2 is 1.81 bits per heavy atom. The van der Waals surface area contributed by atoms with E-state index in [0.29, 0.717) is 5.75 Å². The van der Waals surface area contributed by atoms with E-state index >= 15 is 0 Å². The molecule has 0 spiro atoms. The van der Waals surface area contributed by atoms with Crippen LogP contribution in [-0.2, 0) is 0 Å². The number of nitrogens with zero attached hydrogens (tertiary/aromatic N) is 1. The number of anilines is 1. The molecule has 0 aromatic heterocycles. The highest BCUT2D eigenvalue weighted by atomic mass is 19.1.